The zero-order chi connectivity index (χ0) is 17.9. The van der Waals surface area contributed by atoms with Gasteiger partial charge in [0.2, 0.25) is 0 Å². The molecule has 0 saturated heterocycles. The number of nitrogens with one attached hydrogen (secondary N) is 2. The number of fused-ring (bicyclic) bond motifs is 1. The maximum Gasteiger partial charge on any atom is 0.255 e. The van der Waals surface area contributed by atoms with Gasteiger partial charge in [-0.25, -0.2) is 4.98 Å². The minimum Gasteiger partial charge on any atom is -0.338 e. The number of nitrogens with zero attached hydrogens (tertiary/aromatic N) is 1. The Bertz CT molecular complexity index is 1040. The Morgan fingerprint density at radius 1 is 1.00 bits per heavy atom. The van der Waals surface area contributed by atoms with Crippen LogP contribution in [0.4, 0.5) is 5.69 Å². The molecule has 0 saturated carbocycles. The third-order valence-corrected chi connectivity index (χ3v) is 4.86. The summed E-state index contributed by atoms with van der Waals surface area (Å²) in [6.45, 7) is 0. The number of aromatic amines is 1. The van der Waals surface area contributed by atoms with Crippen LogP contribution in [0.5, 0.6) is 0 Å². The van der Waals surface area contributed by atoms with Gasteiger partial charge in [0.15, 0.2) is 0 Å². The predicted molar refractivity (Wildman–Crippen MR) is 108 cm³/mol. The summed E-state index contributed by atoms with van der Waals surface area (Å²) in [7, 11) is 0. The van der Waals surface area contributed by atoms with E-state index in [2.05, 4.69) is 15.3 Å². The lowest BCUT2D eigenvalue weighted by Crippen LogP contribution is -2.11. The average Bonchev–Trinajstić information content (AvgIpc) is 3.13. The Hall–Kier alpha value is -3.05. The van der Waals surface area contributed by atoms with Crippen LogP contribution in [0.1, 0.15) is 10.4 Å². The molecule has 2 N–H and O–H groups in total. The topological polar surface area (TPSA) is 57.8 Å². The first-order chi connectivity index (χ1) is 12.7. The van der Waals surface area contributed by atoms with Crippen LogP contribution in [0.3, 0.4) is 0 Å². The fourth-order valence-corrected chi connectivity index (χ4v) is 3.23. The number of thioether (sulfide) groups is 1. The van der Waals surface area contributed by atoms with Crippen LogP contribution in [0.2, 0.25) is 0 Å². The molecule has 0 atom stereocenters. The van der Waals surface area contributed by atoms with Crippen molar-refractivity contribution in [2.24, 2.45) is 0 Å². The van der Waals surface area contributed by atoms with Crippen molar-refractivity contribution >= 4 is 34.4 Å². The lowest BCUT2D eigenvalue weighted by Gasteiger charge is -2.07. The van der Waals surface area contributed by atoms with Crippen molar-refractivity contribution in [3.63, 3.8) is 0 Å². The molecule has 128 valence electrons. The fourth-order valence-electron chi connectivity index (χ4n) is 2.77. The van der Waals surface area contributed by atoms with Crippen molar-refractivity contribution in [3.8, 4) is 11.4 Å². The first-order valence-corrected chi connectivity index (χ1v) is 9.46. The number of aromatic nitrogens is 2. The largest absolute Gasteiger partial charge is 0.338 e. The number of carbonyl (C=O) groups excluding carboxylic acids is 1. The van der Waals surface area contributed by atoms with Crippen molar-refractivity contribution in [2.75, 3.05) is 11.6 Å². The van der Waals surface area contributed by atoms with Gasteiger partial charge in [0.25, 0.3) is 5.91 Å². The number of amides is 1. The van der Waals surface area contributed by atoms with Crippen molar-refractivity contribution < 1.29 is 4.79 Å². The maximum atomic E-state index is 12.4. The fraction of sp³-hybridized carbons (Fsp3) is 0.0476. The molecule has 0 aliphatic rings. The number of hydrogen-bond acceptors (Lipinski definition) is 3. The summed E-state index contributed by atoms with van der Waals surface area (Å²) in [6, 6.07) is 23.2. The third kappa shape index (κ3) is 3.34. The molecule has 0 bridgehead atoms. The molecule has 0 unspecified atom stereocenters. The van der Waals surface area contributed by atoms with E-state index in [0.717, 1.165) is 33.0 Å². The van der Waals surface area contributed by atoms with Crippen LogP contribution in [-0.4, -0.2) is 22.1 Å². The molecule has 4 nitrogen and oxygen atoms in total. The molecule has 26 heavy (non-hydrogen) atoms. The molecule has 1 aromatic heterocycles. The number of para-hydroxylation sites is 2. The molecule has 4 aromatic rings. The molecule has 1 heterocycles. The highest BCUT2D eigenvalue weighted by Gasteiger charge is 2.08. The van der Waals surface area contributed by atoms with E-state index in [1.807, 2.05) is 79.1 Å². The molecular weight excluding hydrogens is 342 g/mol. The predicted octanol–water partition coefficient (Wildman–Crippen LogP) is 5.20. The summed E-state index contributed by atoms with van der Waals surface area (Å²) in [4.78, 5) is 21.4. The lowest BCUT2D eigenvalue weighted by atomic mass is 10.1. The van der Waals surface area contributed by atoms with Crippen LogP contribution in [0.25, 0.3) is 22.4 Å². The van der Waals surface area contributed by atoms with E-state index in [1.54, 1.807) is 11.8 Å². The zero-order valence-electron chi connectivity index (χ0n) is 14.2. The third-order valence-electron chi connectivity index (χ3n) is 4.14. The minimum absolute atomic E-state index is 0.114. The first kappa shape index (κ1) is 16.4. The van der Waals surface area contributed by atoms with Crippen LogP contribution in [0.15, 0.2) is 77.7 Å². The van der Waals surface area contributed by atoms with Crippen molar-refractivity contribution in [1.29, 1.82) is 0 Å². The van der Waals surface area contributed by atoms with Gasteiger partial charge in [0.1, 0.15) is 5.82 Å². The molecule has 0 aliphatic heterocycles. The van der Waals surface area contributed by atoms with Gasteiger partial charge in [-0.05, 0) is 60.9 Å². The second kappa shape index (κ2) is 7.06. The molecule has 1 amide bonds. The van der Waals surface area contributed by atoms with Crippen LogP contribution < -0.4 is 5.32 Å². The van der Waals surface area contributed by atoms with Crippen LogP contribution in [0, 0.1) is 0 Å². The maximum absolute atomic E-state index is 12.4. The average molecular weight is 359 g/mol. The Labute approximate surface area is 155 Å². The summed E-state index contributed by atoms with van der Waals surface area (Å²) in [5, 5.41) is 2.94. The quantitative estimate of drug-likeness (QED) is 0.492. The monoisotopic (exact) mass is 359 g/mol. The molecule has 4 rings (SSSR count). The number of hydrogen-bond donors (Lipinski definition) is 2. The number of carbonyl (C=O) groups is 1. The zero-order valence-corrected chi connectivity index (χ0v) is 15.0. The second-order valence-electron chi connectivity index (χ2n) is 5.87. The van der Waals surface area contributed by atoms with E-state index in [-0.39, 0.29) is 5.91 Å². The second-order valence-corrected chi connectivity index (χ2v) is 6.75. The SMILES string of the molecule is CSc1cccc(C(=O)Nc2ccc(-c3nc4ccccc4[nH]3)cc2)c1. The van der Waals surface area contributed by atoms with Crippen LogP contribution in [-0.2, 0) is 0 Å². The summed E-state index contributed by atoms with van der Waals surface area (Å²) >= 11 is 1.62. The van der Waals surface area contributed by atoms with E-state index in [4.69, 9.17) is 0 Å². The van der Waals surface area contributed by atoms with Gasteiger partial charge in [-0.2, -0.15) is 0 Å². The summed E-state index contributed by atoms with van der Waals surface area (Å²) in [5.74, 6) is 0.703. The normalized spacial score (nSPS) is 10.8. The van der Waals surface area contributed by atoms with E-state index < -0.39 is 0 Å². The van der Waals surface area contributed by atoms with E-state index in [9.17, 15) is 4.79 Å². The van der Waals surface area contributed by atoms with E-state index in [0.29, 0.717) is 5.56 Å². The Morgan fingerprint density at radius 3 is 2.58 bits per heavy atom. The Kier molecular flexibility index (Phi) is 4.46. The van der Waals surface area contributed by atoms with Gasteiger partial charge in [-0.1, -0.05) is 18.2 Å². The highest BCUT2D eigenvalue weighted by Crippen LogP contribution is 2.22. The molecule has 0 radical (unpaired) electrons. The van der Waals surface area contributed by atoms with E-state index in [1.165, 1.54) is 0 Å². The van der Waals surface area contributed by atoms with Crippen molar-refractivity contribution in [2.45, 2.75) is 4.90 Å². The van der Waals surface area contributed by atoms with Gasteiger partial charge in [-0.3, -0.25) is 4.79 Å². The molecule has 0 spiro atoms. The molecular formula is C21H17N3OS. The first-order valence-electron chi connectivity index (χ1n) is 8.23. The van der Waals surface area contributed by atoms with Crippen molar-refractivity contribution in [1.82, 2.24) is 9.97 Å². The standard InChI is InChI=1S/C21H17N3OS/c1-26-17-6-4-5-15(13-17)21(25)22-16-11-9-14(10-12-16)20-23-18-7-2-3-8-19(18)24-20/h2-13H,1H3,(H,22,25)(H,23,24). The van der Waals surface area contributed by atoms with Gasteiger partial charge in [-0.15, -0.1) is 11.8 Å². The smallest absolute Gasteiger partial charge is 0.255 e. The number of rotatable bonds is 4. The number of H-pyrrole nitrogens is 1. The van der Waals surface area contributed by atoms with Gasteiger partial charge < -0.3 is 10.3 Å². The molecule has 3 aromatic carbocycles. The van der Waals surface area contributed by atoms with E-state index >= 15 is 0 Å². The van der Waals surface area contributed by atoms with Crippen LogP contribution >= 0.6 is 11.8 Å². The summed E-state index contributed by atoms with van der Waals surface area (Å²) in [6.07, 6.45) is 1.99. The highest BCUT2D eigenvalue weighted by atomic mass is 32.2. The Morgan fingerprint density at radius 2 is 1.81 bits per heavy atom. The molecule has 5 heteroatoms. The molecule has 0 fully saturated rings. The summed E-state index contributed by atoms with van der Waals surface area (Å²) < 4.78 is 0. The summed E-state index contributed by atoms with van der Waals surface area (Å²) in [5.41, 5.74) is 4.33. The number of benzene rings is 3. The molecule has 0 aliphatic carbocycles. The van der Waals surface area contributed by atoms with Gasteiger partial charge in [0.05, 0.1) is 11.0 Å². The lowest BCUT2D eigenvalue weighted by molar-refractivity contribution is 0.102. The van der Waals surface area contributed by atoms with Crippen molar-refractivity contribution in [3.05, 3.63) is 78.4 Å². The number of imidazole rings is 1. The van der Waals surface area contributed by atoms with Gasteiger partial charge >= 0.3 is 0 Å². The van der Waals surface area contributed by atoms with Gasteiger partial charge in [0, 0.05) is 21.7 Å². The number of anilines is 1. The minimum atomic E-state index is -0.114. The Balaban J connectivity index is 1.53. The highest BCUT2D eigenvalue weighted by molar-refractivity contribution is 7.98.